The molecule has 0 unspecified atom stereocenters. The van der Waals surface area contributed by atoms with Crippen LogP contribution < -0.4 is 4.74 Å². The van der Waals surface area contributed by atoms with Crippen molar-refractivity contribution in [1.29, 1.82) is 0 Å². The normalized spacial score (nSPS) is 10.3. The van der Waals surface area contributed by atoms with Crippen molar-refractivity contribution in [2.24, 2.45) is 0 Å². The Morgan fingerprint density at radius 3 is 2.65 bits per heavy atom. The zero-order chi connectivity index (χ0) is 14.7. The summed E-state index contributed by atoms with van der Waals surface area (Å²) < 4.78 is 5.70. The standard InChI is InChI=1S/C14H11Cl2NO3/c1-9-2-3-11(16)7-14(9)20-12-4-5-13(17(18)19)10(6-12)8-15/h2-7H,8H2,1H3. The molecule has 2 aromatic carbocycles. The lowest BCUT2D eigenvalue weighted by atomic mass is 10.2. The van der Waals surface area contributed by atoms with Crippen molar-refractivity contribution >= 4 is 28.9 Å². The third kappa shape index (κ3) is 3.21. The molecule has 0 amide bonds. The second-order valence-corrected chi connectivity index (χ2v) is 4.90. The van der Waals surface area contributed by atoms with Gasteiger partial charge in [-0.1, -0.05) is 17.7 Å². The lowest BCUT2D eigenvalue weighted by Gasteiger charge is -2.10. The summed E-state index contributed by atoms with van der Waals surface area (Å²) in [5.41, 5.74) is 1.31. The van der Waals surface area contributed by atoms with Gasteiger partial charge >= 0.3 is 0 Å². The Morgan fingerprint density at radius 2 is 2.00 bits per heavy atom. The molecule has 0 fully saturated rings. The zero-order valence-electron chi connectivity index (χ0n) is 10.6. The Balaban J connectivity index is 2.34. The first-order valence-electron chi connectivity index (χ1n) is 5.78. The Kier molecular flexibility index (Phi) is 4.47. The van der Waals surface area contributed by atoms with E-state index >= 15 is 0 Å². The van der Waals surface area contributed by atoms with Crippen molar-refractivity contribution in [3.8, 4) is 11.5 Å². The van der Waals surface area contributed by atoms with Gasteiger partial charge in [-0.2, -0.15) is 0 Å². The lowest BCUT2D eigenvalue weighted by molar-refractivity contribution is -0.385. The first-order chi connectivity index (χ1) is 9.51. The van der Waals surface area contributed by atoms with Crippen molar-refractivity contribution in [2.45, 2.75) is 12.8 Å². The maximum Gasteiger partial charge on any atom is 0.274 e. The molecular formula is C14H11Cl2NO3. The molecule has 2 aromatic rings. The molecule has 0 aromatic heterocycles. The van der Waals surface area contributed by atoms with E-state index in [4.69, 9.17) is 27.9 Å². The van der Waals surface area contributed by atoms with E-state index in [1.165, 1.54) is 12.1 Å². The Labute approximate surface area is 126 Å². The highest BCUT2D eigenvalue weighted by molar-refractivity contribution is 6.30. The number of nitrogens with zero attached hydrogens (tertiary/aromatic N) is 1. The Morgan fingerprint density at radius 1 is 1.25 bits per heavy atom. The third-order valence-electron chi connectivity index (χ3n) is 2.77. The van der Waals surface area contributed by atoms with E-state index in [1.807, 2.05) is 13.0 Å². The number of halogens is 2. The van der Waals surface area contributed by atoms with Crippen LogP contribution in [0.5, 0.6) is 11.5 Å². The van der Waals surface area contributed by atoms with Gasteiger partial charge in [-0.15, -0.1) is 11.6 Å². The summed E-state index contributed by atoms with van der Waals surface area (Å²) in [7, 11) is 0. The van der Waals surface area contributed by atoms with Crippen LogP contribution >= 0.6 is 23.2 Å². The number of nitro benzene ring substituents is 1. The number of aryl methyl sites for hydroxylation is 1. The highest BCUT2D eigenvalue weighted by Crippen LogP contribution is 2.31. The van der Waals surface area contributed by atoms with Gasteiger partial charge in [0.25, 0.3) is 5.69 Å². The molecule has 0 N–H and O–H groups in total. The molecule has 0 heterocycles. The van der Waals surface area contributed by atoms with Crippen molar-refractivity contribution in [2.75, 3.05) is 0 Å². The Hall–Kier alpha value is -1.78. The minimum Gasteiger partial charge on any atom is -0.457 e. The first-order valence-corrected chi connectivity index (χ1v) is 6.70. The van der Waals surface area contributed by atoms with Gasteiger partial charge in [0.2, 0.25) is 0 Å². The summed E-state index contributed by atoms with van der Waals surface area (Å²) in [6.07, 6.45) is 0. The van der Waals surface area contributed by atoms with Crippen LogP contribution in [0.25, 0.3) is 0 Å². The van der Waals surface area contributed by atoms with Crippen molar-refractivity contribution in [3.63, 3.8) is 0 Å². The molecule has 0 saturated carbocycles. The second-order valence-electron chi connectivity index (χ2n) is 4.19. The quantitative estimate of drug-likeness (QED) is 0.449. The predicted molar refractivity (Wildman–Crippen MR) is 78.9 cm³/mol. The highest BCUT2D eigenvalue weighted by Gasteiger charge is 2.14. The van der Waals surface area contributed by atoms with Gasteiger partial charge in [-0.3, -0.25) is 10.1 Å². The first kappa shape index (κ1) is 14.6. The van der Waals surface area contributed by atoms with Gasteiger partial charge < -0.3 is 4.74 Å². The molecule has 104 valence electrons. The number of hydrogen-bond donors (Lipinski definition) is 0. The van der Waals surface area contributed by atoms with E-state index in [0.29, 0.717) is 22.1 Å². The molecule has 4 nitrogen and oxygen atoms in total. The van der Waals surface area contributed by atoms with E-state index in [-0.39, 0.29) is 11.6 Å². The molecular weight excluding hydrogens is 301 g/mol. The minimum absolute atomic E-state index is 0.0184. The molecule has 0 aliphatic rings. The van der Waals surface area contributed by atoms with Crippen molar-refractivity contribution in [3.05, 3.63) is 62.7 Å². The van der Waals surface area contributed by atoms with Gasteiger partial charge in [0, 0.05) is 16.7 Å². The molecule has 0 aliphatic carbocycles. The number of nitro groups is 1. The van der Waals surface area contributed by atoms with E-state index in [1.54, 1.807) is 18.2 Å². The van der Waals surface area contributed by atoms with Crippen LogP contribution in [0.3, 0.4) is 0 Å². The fourth-order valence-corrected chi connectivity index (χ4v) is 2.10. The van der Waals surface area contributed by atoms with E-state index in [0.717, 1.165) is 5.56 Å². The number of benzene rings is 2. The second kappa shape index (κ2) is 6.11. The fourth-order valence-electron chi connectivity index (χ4n) is 1.72. The average molecular weight is 312 g/mol. The molecule has 0 saturated heterocycles. The number of rotatable bonds is 4. The Bertz CT molecular complexity index is 659. The molecule has 20 heavy (non-hydrogen) atoms. The van der Waals surface area contributed by atoms with Crippen molar-refractivity contribution < 1.29 is 9.66 Å². The maximum absolute atomic E-state index is 10.8. The van der Waals surface area contributed by atoms with Crippen LogP contribution in [-0.2, 0) is 5.88 Å². The van der Waals surface area contributed by atoms with Gasteiger partial charge in [0.15, 0.2) is 0 Å². The average Bonchev–Trinajstić information content (AvgIpc) is 2.42. The summed E-state index contributed by atoms with van der Waals surface area (Å²) >= 11 is 11.6. The van der Waals surface area contributed by atoms with Gasteiger partial charge in [0.1, 0.15) is 11.5 Å². The predicted octanol–water partition coefficient (Wildman–Crippen LogP) is 5.09. The number of hydrogen-bond acceptors (Lipinski definition) is 3. The van der Waals surface area contributed by atoms with Gasteiger partial charge in [-0.05, 0) is 36.8 Å². The molecule has 0 radical (unpaired) electrons. The van der Waals surface area contributed by atoms with Crippen LogP contribution in [0.1, 0.15) is 11.1 Å². The molecule has 0 atom stereocenters. The van der Waals surface area contributed by atoms with E-state index in [9.17, 15) is 10.1 Å². The summed E-state index contributed by atoms with van der Waals surface area (Å²) in [5, 5.41) is 11.4. The summed E-state index contributed by atoms with van der Waals surface area (Å²) in [5.74, 6) is 1.13. The largest absolute Gasteiger partial charge is 0.457 e. The summed E-state index contributed by atoms with van der Waals surface area (Å²) in [6.45, 7) is 1.89. The molecule has 6 heteroatoms. The highest BCUT2D eigenvalue weighted by atomic mass is 35.5. The summed E-state index contributed by atoms with van der Waals surface area (Å²) in [4.78, 5) is 10.4. The molecule has 2 rings (SSSR count). The third-order valence-corrected chi connectivity index (χ3v) is 3.29. The van der Waals surface area contributed by atoms with Crippen LogP contribution in [0.15, 0.2) is 36.4 Å². The molecule has 0 aliphatic heterocycles. The van der Waals surface area contributed by atoms with Crippen LogP contribution in [0.2, 0.25) is 5.02 Å². The molecule has 0 bridgehead atoms. The van der Waals surface area contributed by atoms with Crippen LogP contribution in [0.4, 0.5) is 5.69 Å². The smallest absolute Gasteiger partial charge is 0.274 e. The monoisotopic (exact) mass is 311 g/mol. The van der Waals surface area contributed by atoms with Crippen LogP contribution in [0, 0.1) is 17.0 Å². The van der Waals surface area contributed by atoms with E-state index < -0.39 is 4.92 Å². The maximum atomic E-state index is 10.8. The van der Waals surface area contributed by atoms with E-state index in [2.05, 4.69) is 0 Å². The lowest BCUT2D eigenvalue weighted by Crippen LogP contribution is -1.95. The van der Waals surface area contributed by atoms with Gasteiger partial charge in [0.05, 0.1) is 10.8 Å². The minimum atomic E-state index is -0.466. The number of ether oxygens (including phenoxy) is 1. The summed E-state index contributed by atoms with van der Waals surface area (Å²) in [6, 6.07) is 9.78. The fraction of sp³-hybridized carbons (Fsp3) is 0.143. The SMILES string of the molecule is Cc1ccc(Cl)cc1Oc1ccc([N+](=O)[O-])c(CCl)c1. The number of alkyl halides is 1. The van der Waals surface area contributed by atoms with Crippen molar-refractivity contribution in [1.82, 2.24) is 0 Å². The van der Waals surface area contributed by atoms with Crippen LogP contribution in [-0.4, -0.2) is 4.92 Å². The zero-order valence-corrected chi connectivity index (χ0v) is 12.1. The molecule has 0 spiro atoms. The van der Waals surface area contributed by atoms with Gasteiger partial charge in [-0.25, -0.2) is 0 Å². The topological polar surface area (TPSA) is 52.4 Å².